The van der Waals surface area contributed by atoms with E-state index in [1.165, 1.54) is 17.8 Å². The van der Waals surface area contributed by atoms with Crippen molar-refractivity contribution >= 4 is 27.3 Å². The summed E-state index contributed by atoms with van der Waals surface area (Å²) >= 11 is 5.80. The van der Waals surface area contributed by atoms with Crippen molar-refractivity contribution in [2.45, 2.75) is 31.5 Å². The molecule has 126 valence electrons. The first-order chi connectivity index (χ1) is 10.5. The van der Waals surface area contributed by atoms with E-state index < -0.39 is 21.8 Å². The van der Waals surface area contributed by atoms with Crippen LogP contribution in [0.25, 0.3) is 0 Å². The number of nitrogens with one attached hydrogen (secondary N) is 1. The van der Waals surface area contributed by atoms with Gasteiger partial charge < -0.3 is 0 Å². The number of aryl methyl sites for hydroxylation is 2. The fraction of sp³-hybridized carbons (Fsp3) is 0.308. The van der Waals surface area contributed by atoms with E-state index in [2.05, 4.69) is 9.82 Å². The van der Waals surface area contributed by atoms with Gasteiger partial charge in [-0.1, -0.05) is 11.6 Å². The topological polar surface area (TPSA) is 64.0 Å². The van der Waals surface area contributed by atoms with Crippen LogP contribution in [0.15, 0.2) is 29.3 Å². The Morgan fingerprint density at radius 1 is 1.35 bits per heavy atom. The quantitative estimate of drug-likeness (QED) is 0.896. The SMILES string of the molecule is CCn1cc(S(=O)(=O)Nc2cc(C(F)(F)F)ccc2Cl)c(C)n1. The van der Waals surface area contributed by atoms with Crippen molar-refractivity contribution in [2.75, 3.05) is 4.72 Å². The van der Waals surface area contributed by atoms with Crippen LogP contribution >= 0.6 is 11.6 Å². The Morgan fingerprint density at radius 3 is 2.52 bits per heavy atom. The summed E-state index contributed by atoms with van der Waals surface area (Å²) in [5.74, 6) is 0. The molecule has 10 heteroatoms. The van der Waals surface area contributed by atoms with Crippen molar-refractivity contribution in [3.8, 4) is 0 Å². The molecule has 0 aliphatic carbocycles. The number of alkyl halides is 3. The normalized spacial score (nSPS) is 12.4. The first-order valence-corrected chi connectivity index (χ1v) is 8.34. The molecule has 1 aromatic heterocycles. The molecule has 0 bridgehead atoms. The van der Waals surface area contributed by atoms with Crippen LogP contribution < -0.4 is 4.72 Å². The number of rotatable bonds is 4. The lowest BCUT2D eigenvalue weighted by Gasteiger charge is -2.12. The maximum atomic E-state index is 12.7. The summed E-state index contributed by atoms with van der Waals surface area (Å²) < 4.78 is 66.4. The van der Waals surface area contributed by atoms with Gasteiger partial charge >= 0.3 is 6.18 Å². The number of hydrogen-bond acceptors (Lipinski definition) is 3. The molecule has 0 amide bonds. The van der Waals surface area contributed by atoms with Gasteiger partial charge in [0.05, 0.1) is 22.0 Å². The van der Waals surface area contributed by atoms with Gasteiger partial charge in [0.15, 0.2) is 0 Å². The highest BCUT2D eigenvalue weighted by atomic mass is 35.5. The number of halogens is 4. The lowest BCUT2D eigenvalue weighted by atomic mass is 10.2. The molecule has 0 spiro atoms. The Hall–Kier alpha value is -1.74. The van der Waals surface area contributed by atoms with E-state index in [1.807, 2.05) is 0 Å². The molecular formula is C13H13ClF3N3O2S. The van der Waals surface area contributed by atoms with E-state index >= 15 is 0 Å². The fourth-order valence-corrected chi connectivity index (χ4v) is 3.38. The second-order valence-corrected chi connectivity index (χ2v) is 6.79. The molecule has 1 heterocycles. The van der Waals surface area contributed by atoms with Crippen LogP contribution in [0.1, 0.15) is 18.2 Å². The Labute approximate surface area is 136 Å². The van der Waals surface area contributed by atoms with Crippen LogP contribution in [-0.2, 0) is 22.7 Å². The van der Waals surface area contributed by atoms with Gasteiger partial charge in [-0.15, -0.1) is 0 Å². The molecule has 5 nitrogen and oxygen atoms in total. The summed E-state index contributed by atoms with van der Waals surface area (Å²) in [6, 6.07) is 2.42. The summed E-state index contributed by atoms with van der Waals surface area (Å²) in [7, 11) is -4.10. The van der Waals surface area contributed by atoms with E-state index in [0.29, 0.717) is 12.6 Å². The predicted molar refractivity (Wildman–Crippen MR) is 79.9 cm³/mol. The first kappa shape index (κ1) is 17.6. The van der Waals surface area contributed by atoms with E-state index in [4.69, 9.17) is 11.6 Å². The third-order valence-corrected chi connectivity index (χ3v) is 4.85. The molecule has 0 saturated heterocycles. The van der Waals surface area contributed by atoms with Crippen molar-refractivity contribution in [3.05, 3.63) is 40.7 Å². The standard InChI is InChI=1S/C13H13ClF3N3O2S/c1-3-20-7-12(8(2)18-20)23(21,22)19-11-6-9(13(15,16)17)4-5-10(11)14/h4-7,19H,3H2,1-2H3. The molecule has 0 unspecified atom stereocenters. The van der Waals surface area contributed by atoms with E-state index in [1.54, 1.807) is 6.92 Å². The maximum absolute atomic E-state index is 12.7. The molecule has 23 heavy (non-hydrogen) atoms. The number of anilines is 1. The lowest BCUT2D eigenvalue weighted by Crippen LogP contribution is -2.15. The van der Waals surface area contributed by atoms with Gasteiger partial charge in [0.1, 0.15) is 4.90 Å². The minimum atomic E-state index is -4.60. The molecule has 1 N–H and O–H groups in total. The second kappa shape index (κ2) is 6.04. The molecule has 0 saturated carbocycles. The Morgan fingerprint density at radius 2 is 2.00 bits per heavy atom. The van der Waals surface area contributed by atoms with Crippen molar-refractivity contribution in [2.24, 2.45) is 0 Å². The predicted octanol–water partition coefficient (Wildman–Crippen LogP) is 3.68. The summed E-state index contributed by atoms with van der Waals surface area (Å²) in [5, 5.41) is 3.86. The highest BCUT2D eigenvalue weighted by Crippen LogP contribution is 2.34. The van der Waals surface area contributed by atoms with Gasteiger partial charge in [-0.05, 0) is 32.0 Å². The van der Waals surface area contributed by atoms with Crippen LogP contribution in [-0.4, -0.2) is 18.2 Å². The van der Waals surface area contributed by atoms with Crippen LogP contribution in [0.4, 0.5) is 18.9 Å². The lowest BCUT2D eigenvalue weighted by molar-refractivity contribution is -0.137. The molecule has 0 radical (unpaired) electrons. The van der Waals surface area contributed by atoms with Crippen LogP contribution in [0.5, 0.6) is 0 Å². The zero-order chi connectivity index (χ0) is 17.4. The van der Waals surface area contributed by atoms with Crippen molar-refractivity contribution in [1.29, 1.82) is 0 Å². The molecular weight excluding hydrogens is 355 g/mol. The summed E-state index contributed by atoms with van der Waals surface area (Å²) in [6.07, 6.45) is -3.30. The minimum Gasteiger partial charge on any atom is -0.278 e. The Bertz CT molecular complexity index is 831. The zero-order valence-electron chi connectivity index (χ0n) is 12.1. The number of aromatic nitrogens is 2. The number of benzene rings is 1. The number of sulfonamides is 1. The molecule has 1 aromatic carbocycles. The maximum Gasteiger partial charge on any atom is 0.416 e. The van der Waals surface area contributed by atoms with E-state index in [0.717, 1.165) is 12.1 Å². The monoisotopic (exact) mass is 367 g/mol. The summed E-state index contributed by atoms with van der Waals surface area (Å²) in [4.78, 5) is -0.118. The molecule has 2 rings (SSSR count). The molecule has 0 atom stereocenters. The third kappa shape index (κ3) is 3.78. The van der Waals surface area contributed by atoms with Gasteiger partial charge in [-0.3, -0.25) is 9.40 Å². The van der Waals surface area contributed by atoms with Crippen LogP contribution in [0.3, 0.4) is 0 Å². The van der Waals surface area contributed by atoms with E-state index in [9.17, 15) is 21.6 Å². The number of hydrogen-bond donors (Lipinski definition) is 1. The smallest absolute Gasteiger partial charge is 0.278 e. The minimum absolute atomic E-state index is 0.118. The molecule has 0 aliphatic rings. The first-order valence-electron chi connectivity index (χ1n) is 6.48. The van der Waals surface area contributed by atoms with Gasteiger partial charge in [0.2, 0.25) is 0 Å². The largest absolute Gasteiger partial charge is 0.416 e. The van der Waals surface area contributed by atoms with Gasteiger partial charge in [0.25, 0.3) is 10.0 Å². The van der Waals surface area contributed by atoms with Gasteiger partial charge in [-0.2, -0.15) is 18.3 Å². The number of nitrogens with zero attached hydrogens (tertiary/aromatic N) is 2. The van der Waals surface area contributed by atoms with Gasteiger partial charge in [0, 0.05) is 12.7 Å². The van der Waals surface area contributed by atoms with Crippen LogP contribution in [0, 0.1) is 6.92 Å². The molecule has 0 fully saturated rings. The van der Waals surface area contributed by atoms with Crippen molar-refractivity contribution in [3.63, 3.8) is 0 Å². The van der Waals surface area contributed by atoms with Crippen molar-refractivity contribution in [1.82, 2.24) is 9.78 Å². The molecule has 2 aromatic rings. The van der Waals surface area contributed by atoms with Crippen LogP contribution in [0.2, 0.25) is 5.02 Å². The van der Waals surface area contributed by atoms with Crippen molar-refractivity contribution < 1.29 is 21.6 Å². The Balaban J connectivity index is 2.43. The average Bonchev–Trinajstić information content (AvgIpc) is 2.82. The highest BCUT2D eigenvalue weighted by molar-refractivity contribution is 7.92. The zero-order valence-corrected chi connectivity index (χ0v) is 13.7. The Kier molecular flexibility index (Phi) is 4.63. The summed E-state index contributed by atoms with van der Waals surface area (Å²) in [6.45, 7) is 3.73. The van der Waals surface area contributed by atoms with Gasteiger partial charge in [-0.25, -0.2) is 8.42 Å². The average molecular weight is 368 g/mol. The third-order valence-electron chi connectivity index (χ3n) is 3.05. The molecule has 0 aliphatic heterocycles. The van der Waals surface area contributed by atoms with E-state index in [-0.39, 0.29) is 21.3 Å². The highest BCUT2D eigenvalue weighted by Gasteiger charge is 2.31. The summed E-state index contributed by atoms with van der Waals surface area (Å²) in [5.41, 5.74) is -1.10. The second-order valence-electron chi connectivity index (χ2n) is 4.73. The fourth-order valence-electron chi connectivity index (χ4n) is 1.90.